The standard InChI is InChI=1S/C19H21ClN2O.C16H20N6O6S.CH5AsO3/c20-16-12-10-15(11-13-16)14-22(18-8-4-5-9-18)19(23)21-17-6-2-1-3-7-17;1-22(2)14(23)10-7-5-6-8-11(10)20-29(25,26)21-16(24)19-15-17-12(27-3)9-13(18-15)28-4;1-2(3,4)5/h1-3,6-7,10-13,18H,4-5,8-9,14H2,(H,21,23);5-9,20H,1-4H3,(H2,17,18,19,21,24);1H3,(H2,3,4,5). The van der Waals surface area contributed by atoms with Crippen LogP contribution in [0.5, 0.6) is 11.8 Å². The smallest absolute Gasteiger partial charge is 0.317 e. The largest absolute Gasteiger partial charge is 0.322 e. The number of rotatable bonds is 11. The zero-order chi connectivity index (χ0) is 42.2. The SMILES string of the molecule is COc1cc(OC)nc(NC(=O)NS(=O)(=O)Nc2ccccc2C(=O)N(C)C)n1.C[As](=O)(O)O.O=C(Nc1ccccc1)N(Cc1ccc(Cl)cc1)C1CCCC1. The monoisotopic (exact) mass is 892 g/mol. The Balaban J connectivity index is 0.000000278. The van der Waals surface area contributed by atoms with Crippen molar-refractivity contribution in [2.75, 3.05) is 43.7 Å². The molecule has 57 heavy (non-hydrogen) atoms. The third-order valence-electron chi connectivity index (χ3n) is 7.68. The number of nitrogens with zero attached hydrogens (tertiary/aromatic N) is 4. The minimum absolute atomic E-state index is 0.00537. The number of urea groups is 2. The molecular formula is C36H46AsClN8O10S. The molecule has 0 aliphatic heterocycles. The minimum Gasteiger partial charge on any atom is -0.317 e. The Morgan fingerprint density at radius 3 is 1.96 bits per heavy atom. The van der Waals surface area contributed by atoms with Crippen LogP contribution in [0.25, 0.3) is 0 Å². The average Bonchev–Trinajstić information content (AvgIpc) is 3.68. The van der Waals surface area contributed by atoms with Gasteiger partial charge in [-0.3, -0.25) is 14.8 Å². The third kappa shape index (κ3) is 16.7. The van der Waals surface area contributed by atoms with Gasteiger partial charge in [-0.25, -0.2) is 14.3 Å². The van der Waals surface area contributed by atoms with Crippen LogP contribution in [0.3, 0.4) is 0 Å². The fourth-order valence-electron chi connectivity index (χ4n) is 5.17. The Labute approximate surface area is 339 Å². The van der Waals surface area contributed by atoms with E-state index >= 15 is 0 Å². The Morgan fingerprint density at radius 2 is 1.42 bits per heavy atom. The van der Waals surface area contributed by atoms with Crippen molar-refractivity contribution >= 4 is 71.3 Å². The van der Waals surface area contributed by atoms with Gasteiger partial charge in [0.25, 0.3) is 5.91 Å². The Hall–Kier alpha value is -5.33. The van der Waals surface area contributed by atoms with Crippen LogP contribution in [0, 0.1) is 0 Å². The van der Waals surface area contributed by atoms with Crippen molar-refractivity contribution in [2.45, 2.75) is 44.0 Å². The molecule has 18 nitrogen and oxygen atoms in total. The first-order valence-electron chi connectivity index (χ1n) is 17.2. The molecule has 308 valence electrons. The second-order valence-corrected chi connectivity index (χ2v) is 17.9. The van der Waals surface area contributed by atoms with Crippen LogP contribution in [-0.2, 0) is 20.5 Å². The Kier molecular flexibility index (Phi) is 17.6. The van der Waals surface area contributed by atoms with Crippen LogP contribution in [0.4, 0.5) is 26.9 Å². The van der Waals surface area contributed by atoms with E-state index in [-0.39, 0.29) is 35.0 Å². The van der Waals surface area contributed by atoms with Gasteiger partial charge in [0.05, 0.1) is 31.5 Å². The number of para-hydroxylation sites is 2. The summed E-state index contributed by atoms with van der Waals surface area (Å²) < 4.78 is 63.1. The molecule has 1 aliphatic rings. The molecule has 1 aromatic heterocycles. The topological polar surface area (TPSA) is 242 Å². The number of anilines is 3. The fraction of sp³-hybridized carbons (Fsp3) is 0.306. The Bertz CT molecular complexity index is 2070. The first-order valence-corrected chi connectivity index (χ1v) is 23.3. The molecule has 0 saturated heterocycles. The number of aromatic nitrogens is 2. The number of nitrogens with one attached hydrogen (secondary N) is 4. The number of carbonyl (C=O) groups is 3. The number of benzene rings is 3. The molecule has 5 rings (SSSR count). The molecule has 1 saturated carbocycles. The van der Waals surface area contributed by atoms with Crippen LogP contribution in [0.15, 0.2) is 84.9 Å². The maximum absolute atomic E-state index is 12.8. The zero-order valence-electron chi connectivity index (χ0n) is 31.9. The van der Waals surface area contributed by atoms with Crippen molar-refractivity contribution in [1.82, 2.24) is 24.5 Å². The summed E-state index contributed by atoms with van der Waals surface area (Å²) in [6.07, 6.45) is 4.55. The maximum atomic E-state index is 12.8. The van der Waals surface area contributed by atoms with E-state index in [1.54, 1.807) is 16.9 Å². The molecule has 1 aliphatic carbocycles. The van der Waals surface area contributed by atoms with E-state index in [2.05, 4.69) is 25.3 Å². The van der Waals surface area contributed by atoms with Gasteiger partial charge in [0.15, 0.2) is 0 Å². The quantitative estimate of drug-likeness (QED) is 0.110. The van der Waals surface area contributed by atoms with E-state index in [1.807, 2.05) is 59.5 Å². The first kappa shape index (κ1) is 46.1. The van der Waals surface area contributed by atoms with E-state index in [9.17, 15) is 26.5 Å². The molecule has 1 fully saturated rings. The van der Waals surface area contributed by atoms with Gasteiger partial charge in [-0.2, -0.15) is 18.4 Å². The second kappa shape index (κ2) is 21.8. The average molecular weight is 893 g/mol. The van der Waals surface area contributed by atoms with Gasteiger partial charge < -0.3 is 24.6 Å². The van der Waals surface area contributed by atoms with E-state index in [0.29, 0.717) is 12.6 Å². The number of halogens is 1. The van der Waals surface area contributed by atoms with Crippen molar-refractivity contribution in [2.24, 2.45) is 0 Å². The van der Waals surface area contributed by atoms with Crippen LogP contribution in [0.1, 0.15) is 41.6 Å². The van der Waals surface area contributed by atoms with Crippen LogP contribution < -0.4 is 29.6 Å². The third-order valence-corrected chi connectivity index (χ3v) is 8.87. The summed E-state index contributed by atoms with van der Waals surface area (Å²) in [6, 6.07) is 23.8. The fourth-order valence-corrected chi connectivity index (χ4v) is 6.11. The molecule has 0 spiro atoms. The van der Waals surface area contributed by atoms with Gasteiger partial charge in [0.1, 0.15) is 0 Å². The molecule has 3 aromatic carbocycles. The van der Waals surface area contributed by atoms with Gasteiger partial charge in [0, 0.05) is 37.4 Å². The molecular weight excluding hydrogens is 847 g/mol. The summed E-state index contributed by atoms with van der Waals surface area (Å²) in [5.41, 5.74) is 2.97. The van der Waals surface area contributed by atoms with E-state index in [4.69, 9.17) is 29.3 Å². The van der Waals surface area contributed by atoms with Crippen molar-refractivity contribution in [1.29, 1.82) is 0 Å². The molecule has 0 radical (unpaired) electrons. The number of carbonyl (C=O) groups excluding carboxylic acids is 3. The molecule has 0 unspecified atom stereocenters. The molecule has 1 heterocycles. The van der Waals surface area contributed by atoms with Crippen molar-refractivity contribution in [3.8, 4) is 11.8 Å². The molecule has 0 atom stereocenters. The summed E-state index contributed by atoms with van der Waals surface area (Å²) in [5.74, 6) is -0.449. The van der Waals surface area contributed by atoms with Gasteiger partial charge in [-0.1, -0.05) is 66.9 Å². The van der Waals surface area contributed by atoms with E-state index in [1.165, 1.54) is 64.3 Å². The normalized spacial score (nSPS) is 12.4. The summed E-state index contributed by atoms with van der Waals surface area (Å²) in [5, 5.41) is 5.89. The minimum atomic E-state index is -4.37. The predicted octanol–water partition coefficient (Wildman–Crippen LogP) is 4.96. The van der Waals surface area contributed by atoms with Gasteiger partial charge in [-0.15, -0.1) is 0 Å². The maximum Gasteiger partial charge on any atom is 0.322 e. The van der Waals surface area contributed by atoms with Crippen LogP contribution in [0.2, 0.25) is 10.7 Å². The predicted molar refractivity (Wildman–Crippen MR) is 216 cm³/mol. The molecule has 21 heteroatoms. The summed E-state index contributed by atoms with van der Waals surface area (Å²) in [7, 11) is 1.40. The zero-order valence-corrected chi connectivity index (χ0v) is 35.3. The van der Waals surface area contributed by atoms with Crippen molar-refractivity contribution < 1.29 is 44.2 Å². The van der Waals surface area contributed by atoms with Crippen molar-refractivity contribution in [3.63, 3.8) is 0 Å². The molecule has 0 bridgehead atoms. The summed E-state index contributed by atoms with van der Waals surface area (Å²) >= 11 is 1.83. The molecule has 6 N–H and O–H groups in total. The second-order valence-electron chi connectivity index (χ2n) is 12.5. The number of ether oxygens (including phenoxy) is 2. The van der Waals surface area contributed by atoms with Gasteiger partial charge in [-0.05, 0) is 54.8 Å². The molecule has 4 aromatic rings. The van der Waals surface area contributed by atoms with Gasteiger partial charge >= 0.3 is 54.1 Å². The first-order chi connectivity index (χ1) is 26.9. The number of hydrogen-bond acceptors (Lipinski definition) is 10. The van der Waals surface area contributed by atoms with E-state index in [0.717, 1.165) is 34.8 Å². The van der Waals surface area contributed by atoms with Crippen LogP contribution in [-0.4, -0.2) is 103 Å². The number of amides is 5. The molecule has 5 amide bonds. The van der Waals surface area contributed by atoms with Crippen LogP contribution >= 0.6 is 11.6 Å². The summed E-state index contributed by atoms with van der Waals surface area (Å²) in [4.78, 5) is 48.0. The number of methoxy groups -OCH3 is 2. The Morgan fingerprint density at radius 1 is 0.877 bits per heavy atom. The van der Waals surface area contributed by atoms with Crippen molar-refractivity contribution in [3.05, 3.63) is 101 Å². The van der Waals surface area contributed by atoms with E-state index < -0.39 is 36.3 Å². The van der Waals surface area contributed by atoms with Gasteiger partial charge in [0.2, 0.25) is 17.7 Å². The number of hydrogen-bond donors (Lipinski definition) is 6. The summed E-state index contributed by atoms with van der Waals surface area (Å²) in [6.45, 7) is 0.612.